The number of thioether (sulfide) groups is 2. The molecule has 0 unspecified atom stereocenters. The SMILES string of the molecule is C=C(C)C(=O)OCCOCCSc1ccc2c(SCCOCCOC(=O)C(=C)C)cccc2c1. The molecule has 34 heavy (non-hydrogen) atoms. The van der Waals surface area contributed by atoms with E-state index >= 15 is 0 Å². The Bertz CT molecular complexity index is 988. The quantitative estimate of drug-likeness (QED) is 0.132. The zero-order chi connectivity index (χ0) is 24.8. The van der Waals surface area contributed by atoms with Gasteiger partial charge in [0.25, 0.3) is 0 Å². The maximum atomic E-state index is 11.3. The molecule has 0 saturated carbocycles. The highest BCUT2D eigenvalue weighted by Gasteiger charge is 2.05. The second kappa shape index (κ2) is 15.6. The van der Waals surface area contributed by atoms with E-state index < -0.39 is 0 Å². The fourth-order valence-electron chi connectivity index (χ4n) is 2.71. The molecule has 0 bridgehead atoms. The number of benzene rings is 2. The van der Waals surface area contributed by atoms with E-state index in [4.69, 9.17) is 18.9 Å². The summed E-state index contributed by atoms with van der Waals surface area (Å²) in [4.78, 5) is 25.0. The lowest BCUT2D eigenvalue weighted by molar-refractivity contribution is -0.141. The molecular formula is C26H32O6S2. The van der Waals surface area contributed by atoms with Crippen molar-refractivity contribution in [3.05, 3.63) is 60.7 Å². The first kappa shape index (κ1) is 28.0. The normalized spacial score (nSPS) is 10.8. The summed E-state index contributed by atoms with van der Waals surface area (Å²) in [5.74, 6) is 0.845. The van der Waals surface area contributed by atoms with Gasteiger partial charge in [-0.1, -0.05) is 31.4 Å². The maximum absolute atomic E-state index is 11.3. The molecule has 2 rings (SSSR count). The Hall–Kier alpha value is -2.26. The van der Waals surface area contributed by atoms with Crippen molar-refractivity contribution >= 4 is 46.2 Å². The molecule has 0 amide bonds. The van der Waals surface area contributed by atoms with Gasteiger partial charge in [0.05, 0.1) is 26.4 Å². The van der Waals surface area contributed by atoms with Crippen LogP contribution in [0.4, 0.5) is 0 Å². The van der Waals surface area contributed by atoms with E-state index in [0.717, 1.165) is 11.5 Å². The summed E-state index contributed by atoms with van der Waals surface area (Å²) in [6.45, 7) is 12.7. The molecule has 0 aliphatic carbocycles. The van der Waals surface area contributed by atoms with Gasteiger partial charge in [-0.05, 0) is 42.8 Å². The number of carbonyl (C=O) groups is 2. The van der Waals surface area contributed by atoms with E-state index in [1.54, 1.807) is 37.4 Å². The Morgan fingerprint density at radius 1 is 0.765 bits per heavy atom. The molecule has 184 valence electrons. The van der Waals surface area contributed by atoms with E-state index in [9.17, 15) is 9.59 Å². The molecule has 0 N–H and O–H groups in total. The van der Waals surface area contributed by atoms with Crippen LogP contribution in [0.25, 0.3) is 10.8 Å². The summed E-state index contributed by atoms with van der Waals surface area (Å²) in [5, 5.41) is 2.40. The Labute approximate surface area is 210 Å². The molecule has 0 spiro atoms. The predicted molar refractivity (Wildman–Crippen MR) is 139 cm³/mol. The number of fused-ring (bicyclic) bond motifs is 1. The molecule has 0 atom stereocenters. The summed E-state index contributed by atoms with van der Waals surface area (Å²) in [7, 11) is 0. The van der Waals surface area contributed by atoms with Gasteiger partial charge in [-0.15, -0.1) is 23.5 Å². The molecule has 8 heteroatoms. The fraction of sp³-hybridized carbons (Fsp3) is 0.385. The Morgan fingerprint density at radius 2 is 1.35 bits per heavy atom. The van der Waals surface area contributed by atoms with Gasteiger partial charge in [0.1, 0.15) is 13.2 Å². The summed E-state index contributed by atoms with van der Waals surface area (Å²) in [6, 6.07) is 12.7. The van der Waals surface area contributed by atoms with Crippen LogP contribution >= 0.6 is 23.5 Å². The Balaban J connectivity index is 1.68. The summed E-state index contributed by atoms with van der Waals surface area (Å²) >= 11 is 3.47. The zero-order valence-corrected chi connectivity index (χ0v) is 21.4. The number of rotatable bonds is 16. The monoisotopic (exact) mass is 504 g/mol. The first-order valence-electron chi connectivity index (χ1n) is 11.0. The lowest BCUT2D eigenvalue weighted by atomic mass is 10.1. The number of esters is 2. The van der Waals surface area contributed by atoms with E-state index in [2.05, 4.69) is 49.6 Å². The molecule has 0 aliphatic heterocycles. The molecule has 2 aromatic rings. The zero-order valence-electron chi connectivity index (χ0n) is 19.8. The van der Waals surface area contributed by atoms with Gasteiger partial charge >= 0.3 is 11.9 Å². The first-order valence-corrected chi connectivity index (χ1v) is 12.9. The van der Waals surface area contributed by atoms with Gasteiger partial charge in [0.15, 0.2) is 0 Å². The smallest absolute Gasteiger partial charge is 0.333 e. The Morgan fingerprint density at radius 3 is 1.94 bits per heavy atom. The number of ether oxygens (including phenoxy) is 4. The third-order valence-electron chi connectivity index (χ3n) is 4.41. The lowest BCUT2D eigenvalue weighted by Gasteiger charge is -2.09. The molecule has 2 aromatic carbocycles. The minimum atomic E-state index is -0.389. The van der Waals surface area contributed by atoms with Crippen molar-refractivity contribution in [2.75, 3.05) is 51.1 Å². The fourth-order valence-corrected chi connectivity index (χ4v) is 4.46. The van der Waals surface area contributed by atoms with Crippen LogP contribution < -0.4 is 0 Å². The van der Waals surface area contributed by atoms with Crippen molar-refractivity contribution in [1.82, 2.24) is 0 Å². The highest BCUT2D eigenvalue weighted by Crippen LogP contribution is 2.31. The lowest BCUT2D eigenvalue weighted by Crippen LogP contribution is -2.11. The highest BCUT2D eigenvalue weighted by molar-refractivity contribution is 7.99. The van der Waals surface area contributed by atoms with Crippen LogP contribution in [0, 0.1) is 0 Å². The van der Waals surface area contributed by atoms with Crippen molar-refractivity contribution in [2.45, 2.75) is 23.6 Å². The third kappa shape index (κ3) is 10.3. The van der Waals surface area contributed by atoms with Gasteiger partial charge < -0.3 is 18.9 Å². The maximum Gasteiger partial charge on any atom is 0.333 e. The Kier molecular flexibility index (Phi) is 12.8. The van der Waals surface area contributed by atoms with Crippen LogP contribution in [0.3, 0.4) is 0 Å². The molecular weight excluding hydrogens is 472 g/mol. The largest absolute Gasteiger partial charge is 0.460 e. The topological polar surface area (TPSA) is 71.1 Å². The minimum Gasteiger partial charge on any atom is -0.460 e. The van der Waals surface area contributed by atoms with Gasteiger partial charge in [-0.2, -0.15) is 0 Å². The predicted octanol–water partition coefficient (Wildman–Crippen LogP) is 5.30. The molecule has 0 fully saturated rings. The van der Waals surface area contributed by atoms with Crippen molar-refractivity contribution < 1.29 is 28.5 Å². The van der Waals surface area contributed by atoms with Gasteiger partial charge in [0, 0.05) is 32.4 Å². The van der Waals surface area contributed by atoms with Crippen LogP contribution in [0.5, 0.6) is 0 Å². The van der Waals surface area contributed by atoms with E-state index in [0.29, 0.717) is 37.6 Å². The molecule has 0 aromatic heterocycles. The van der Waals surface area contributed by atoms with Crippen LogP contribution in [0.2, 0.25) is 0 Å². The van der Waals surface area contributed by atoms with Crippen molar-refractivity contribution in [1.29, 1.82) is 0 Å². The highest BCUT2D eigenvalue weighted by atomic mass is 32.2. The van der Waals surface area contributed by atoms with Crippen LogP contribution in [-0.2, 0) is 28.5 Å². The number of hydrogen-bond donors (Lipinski definition) is 0. The van der Waals surface area contributed by atoms with Crippen LogP contribution in [-0.4, -0.2) is 63.1 Å². The minimum absolute atomic E-state index is 0.235. The summed E-state index contributed by atoms with van der Waals surface area (Å²) < 4.78 is 21.1. The number of hydrogen-bond acceptors (Lipinski definition) is 8. The van der Waals surface area contributed by atoms with Gasteiger partial charge in [0.2, 0.25) is 0 Å². The molecule has 0 aliphatic rings. The van der Waals surface area contributed by atoms with E-state index in [-0.39, 0.29) is 25.2 Å². The summed E-state index contributed by atoms with van der Waals surface area (Å²) in [5.41, 5.74) is 0.778. The number of carbonyl (C=O) groups excluding carboxylic acids is 2. The van der Waals surface area contributed by atoms with Crippen LogP contribution in [0.15, 0.2) is 70.5 Å². The van der Waals surface area contributed by atoms with Gasteiger partial charge in [-0.25, -0.2) is 9.59 Å². The first-order chi connectivity index (χ1) is 16.4. The standard InChI is InChI=1S/C26H32O6S2/c1-19(2)25(27)31-12-10-29-14-16-33-22-8-9-23-21(18-22)6-5-7-24(23)34-17-15-30-11-13-32-26(28)20(3)4/h5-9,18H,1,3,10-17H2,2,4H3. The molecule has 0 saturated heterocycles. The average molecular weight is 505 g/mol. The summed E-state index contributed by atoms with van der Waals surface area (Å²) in [6.07, 6.45) is 0. The van der Waals surface area contributed by atoms with Crippen LogP contribution in [0.1, 0.15) is 13.8 Å². The van der Waals surface area contributed by atoms with Crippen molar-refractivity contribution in [3.63, 3.8) is 0 Å². The average Bonchev–Trinajstić information content (AvgIpc) is 2.82. The molecule has 0 heterocycles. The van der Waals surface area contributed by atoms with E-state index in [1.807, 2.05) is 0 Å². The third-order valence-corrected chi connectivity index (χ3v) is 6.41. The van der Waals surface area contributed by atoms with Gasteiger partial charge in [-0.3, -0.25) is 0 Å². The molecule has 0 radical (unpaired) electrons. The van der Waals surface area contributed by atoms with Crippen molar-refractivity contribution in [2.24, 2.45) is 0 Å². The van der Waals surface area contributed by atoms with Crippen molar-refractivity contribution in [3.8, 4) is 0 Å². The second-order valence-electron chi connectivity index (χ2n) is 7.39. The molecule has 6 nitrogen and oxygen atoms in total. The second-order valence-corrected chi connectivity index (χ2v) is 9.70. The van der Waals surface area contributed by atoms with E-state index in [1.165, 1.54) is 20.6 Å².